The van der Waals surface area contributed by atoms with Crippen molar-refractivity contribution in [2.75, 3.05) is 11.4 Å². The van der Waals surface area contributed by atoms with Crippen LogP contribution in [-0.2, 0) is 4.79 Å². The molecule has 0 aliphatic carbocycles. The van der Waals surface area contributed by atoms with Crippen LogP contribution in [0.15, 0.2) is 18.2 Å². The summed E-state index contributed by atoms with van der Waals surface area (Å²) in [6, 6.07) is 6.35. The number of benzene rings is 1. The third kappa shape index (κ3) is 2.60. The van der Waals surface area contributed by atoms with E-state index in [-0.39, 0.29) is 11.5 Å². The number of carboxylic acids is 1. The van der Waals surface area contributed by atoms with Crippen LogP contribution in [-0.4, -0.2) is 23.2 Å². The van der Waals surface area contributed by atoms with Gasteiger partial charge in [0, 0.05) is 17.8 Å². The Labute approximate surface area is 115 Å². The highest BCUT2D eigenvalue weighted by molar-refractivity contribution is 5.71. The van der Waals surface area contributed by atoms with Crippen LogP contribution in [0.1, 0.15) is 37.8 Å². The summed E-state index contributed by atoms with van der Waals surface area (Å²) in [4.78, 5) is 13.6. The first-order valence-electron chi connectivity index (χ1n) is 6.89. The molecule has 0 radical (unpaired) electrons. The predicted octanol–water partition coefficient (Wildman–Crippen LogP) is 3.38. The SMILES string of the molecule is Cc1cccc(N2CCC(C(=O)O)CC2(C)C)c1C. The standard InChI is InChI=1S/C16H23NO2/c1-11-6-5-7-14(12(11)2)17-9-8-13(15(18)19)10-16(17,3)4/h5-7,13H,8-10H2,1-4H3,(H,18,19). The number of aliphatic carboxylic acids is 1. The molecule has 0 bridgehead atoms. The fourth-order valence-electron chi connectivity index (χ4n) is 3.09. The molecule has 1 heterocycles. The molecule has 104 valence electrons. The highest BCUT2D eigenvalue weighted by Gasteiger charge is 2.38. The molecule has 1 aromatic rings. The molecule has 0 saturated carbocycles. The van der Waals surface area contributed by atoms with E-state index in [1.165, 1.54) is 16.8 Å². The molecule has 0 spiro atoms. The number of carbonyl (C=O) groups is 1. The minimum Gasteiger partial charge on any atom is -0.481 e. The van der Waals surface area contributed by atoms with E-state index in [4.69, 9.17) is 0 Å². The van der Waals surface area contributed by atoms with Gasteiger partial charge in [0.05, 0.1) is 5.92 Å². The van der Waals surface area contributed by atoms with Crippen molar-refractivity contribution in [3.8, 4) is 0 Å². The van der Waals surface area contributed by atoms with Crippen LogP contribution in [0.3, 0.4) is 0 Å². The second-order valence-electron chi connectivity index (χ2n) is 6.21. The molecule has 0 aromatic heterocycles. The maximum absolute atomic E-state index is 11.2. The van der Waals surface area contributed by atoms with E-state index in [1.807, 2.05) is 0 Å². The Balaban J connectivity index is 2.31. The number of carboxylic acid groups (broad SMARTS) is 1. The van der Waals surface area contributed by atoms with E-state index >= 15 is 0 Å². The molecule has 1 aromatic carbocycles. The minimum absolute atomic E-state index is 0.111. The summed E-state index contributed by atoms with van der Waals surface area (Å²) in [5.41, 5.74) is 3.71. The van der Waals surface area contributed by atoms with Crippen LogP contribution in [0, 0.1) is 19.8 Å². The highest BCUT2D eigenvalue weighted by Crippen LogP contribution is 2.37. The van der Waals surface area contributed by atoms with Crippen molar-refractivity contribution in [2.45, 2.75) is 46.1 Å². The summed E-state index contributed by atoms with van der Waals surface area (Å²) in [5, 5.41) is 9.21. The first-order valence-corrected chi connectivity index (χ1v) is 6.89. The Kier molecular flexibility index (Phi) is 3.57. The van der Waals surface area contributed by atoms with E-state index in [1.54, 1.807) is 0 Å². The summed E-state index contributed by atoms with van der Waals surface area (Å²) < 4.78 is 0. The van der Waals surface area contributed by atoms with Gasteiger partial charge in [0.15, 0.2) is 0 Å². The molecule has 2 rings (SSSR count). The fraction of sp³-hybridized carbons (Fsp3) is 0.562. The van der Waals surface area contributed by atoms with Gasteiger partial charge in [-0.25, -0.2) is 0 Å². The molecular weight excluding hydrogens is 238 g/mol. The van der Waals surface area contributed by atoms with Crippen LogP contribution in [0.4, 0.5) is 5.69 Å². The summed E-state index contributed by atoms with van der Waals surface area (Å²) in [7, 11) is 0. The Hall–Kier alpha value is -1.51. The Morgan fingerprint density at radius 3 is 2.63 bits per heavy atom. The van der Waals surface area contributed by atoms with Crippen molar-refractivity contribution in [1.29, 1.82) is 0 Å². The topological polar surface area (TPSA) is 40.5 Å². The Morgan fingerprint density at radius 1 is 1.37 bits per heavy atom. The van der Waals surface area contributed by atoms with Crippen LogP contribution in [0.5, 0.6) is 0 Å². The van der Waals surface area contributed by atoms with Gasteiger partial charge in [-0.2, -0.15) is 0 Å². The van der Waals surface area contributed by atoms with Gasteiger partial charge >= 0.3 is 5.97 Å². The van der Waals surface area contributed by atoms with Gasteiger partial charge in [-0.3, -0.25) is 4.79 Å². The van der Waals surface area contributed by atoms with Crippen LogP contribution < -0.4 is 4.90 Å². The van der Waals surface area contributed by atoms with Crippen molar-refractivity contribution in [2.24, 2.45) is 5.92 Å². The van der Waals surface area contributed by atoms with Crippen molar-refractivity contribution < 1.29 is 9.90 Å². The molecule has 1 unspecified atom stereocenters. The van der Waals surface area contributed by atoms with Gasteiger partial charge in [0.1, 0.15) is 0 Å². The average Bonchev–Trinajstić information content (AvgIpc) is 2.32. The molecule has 1 fully saturated rings. The number of nitrogens with zero attached hydrogens (tertiary/aromatic N) is 1. The first-order chi connectivity index (χ1) is 8.83. The quantitative estimate of drug-likeness (QED) is 0.887. The van der Waals surface area contributed by atoms with Gasteiger partial charge in [0.25, 0.3) is 0 Å². The molecule has 3 heteroatoms. The summed E-state index contributed by atoms with van der Waals surface area (Å²) in [6.07, 6.45) is 1.43. The average molecular weight is 261 g/mol. The van der Waals surface area contributed by atoms with Crippen molar-refractivity contribution in [3.63, 3.8) is 0 Å². The lowest BCUT2D eigenvalue weighted by atomic mass is 9.82. The molecule has 3 nitrogen and oxygen atoms in total. The number of hydrogen-bond acceptors (Lipinski definition) is 2. The van der Waals surface area contributed by atoms with E-state index < -0.39 is 5.97 Å². The predicted molar refractivity (Wildman–Crippen MR) is 77.7 cm³/mol. The van der Waals surface area contributed by atoms with E-state index in [2.05, 4.69) is 50.8 Å². The summed E-state index contributed by atoms with van der Waals surface area (Å²) in [5.74, 6) is -0.870. The van der Waals surface area contributed by atoms with E-state index in [9.17, 15) is 9.90 Å². The minimum atomic E-state index is -0.659. The molecule has 0 amide bonds. The van der Waals surface area contributed by atoms with Crippen molar-refractivity contribution in [1.82, 2.24) is 0 Å². The van der Waals surface area contributed by atoms with Crippen molar-refractivity contribution >= 4 is 11.7 Å². The van der Waals surface area contributed by atoms with Crippen molar-refractivity contribution in [3.05, 3.63) is 29.3 Å². The third-order valence-electron chi connectivity index (χ3n) is 4.39. The number of hydrogen-bond donors (Lipinski definition) is 1. The Bertz CT molecular complexity index is 494. The summed E-state index contributed by atoms with van der Waals surface area (Å²) >= 11 is 0. The van der Waals surface area contributed by atoms with Gasteiger partial charge in [0.2, 0.25) is 0 Å². The lowest BCUT2D eigenvalue weighted by molar-refractivity contribution is -0.143. The normalized spacial score (nSPS) is 22.3. The zero-order chi connectivity index (χ0) is 14.2. The van der Waals surface area contributed by atoms with Crippen LogP contribution in [0.25, 0.3) is 0 Å². The molecule has 1 aliphatic rings. The Morgan fingerprint density at radius 2 is 2.05 bits per heavy atom. The zero-order valence-corrected chi connectivity index (χ0v) is 12.2. The van der Waals surface area contributed by atoms with E-state index in [0.717, 1.165) is 13.0 Å². The molecule has 1 saturated heterocycles. The largest absolute Gasteiger partial charge is 0.481 e. The number of rotatable bonds is 2. The van der Waals surface area contributed by atoms with E-state index in [0.29, 0.717) is 6.42 Å². The molecule has 1 N–H and O–H groups in total. The molecular formula is C16H23NO2. The van der Waals surface area contributed by atoms with Crippen LogP contribution >= 0.6 is 0 Å². The van der Waals surface area contributed by atoms with Gasteiger partial charge in [-0.1, -0.05) is 12.1 Å². The summed E-state index contributed by atoms with van der Waals surface area (Å²) in [6.45, 7) is 9.36. The lowest BCUT2D eigenvalue weighted by Gasteiger charge is -2.47. The highest BCUT2D eigenvalue weighted by atomic mass is 16.4. The number of piperidine rings is 1. The van der Waals surface area contributed by atoms with Gasteiger partial charge in [-0.15, -0.1) is 0 Å². The lowest BCUT2D eigenvalue weighted by Crippen LogP contribution is -2.51. The third-order valence-corrected chi connectivity index (χ3v) is 4.39. The molecule has 19 heavy (non-hydrogen) atoms. The number of anilines is 1. The zero-order valence-electron chi connectivity index (χ0n) is 12.2. The van der Waals surface area contributed by atoms with Gasteiger partial charge < -0.3 is 10.0 Å². The second-order valence-corrected chi connectivity index (χ2v) is 6.21. The van der Waals surface area contributed by atoms with Crippen LogP contribution in [0.2, 0.25) is 0 Å². The second kappa shape index (κ2) is 4.87. The number of aryl methyl sites for hydroxylation is 1. The molecule has 1 atom stereocenters. The molecule has 1 aliphatic heterocycles. The smallest absolute Gasteiger partial charge is 0.306 e. The maximum Gasteiger partial charge on any atom is 0.306 e. The van der Waals surface area contributed by atoms with Gasteiger partial charge in [-0.05, 0) is 57.7 Å². The maximum atomic E-state index is 11.2. The fourth-order valence-corrected chi connectivity index (χ4v) is 3.09. The monoisotopic (exact) mass is 261 g/mol. The first kappa shape index (κ1) is 13.9.